The Morgan fingerprint density at radius 3 is 1.76 bits per heavy atom. The van der Waals surface area contributed by atoms with E-state index < -0.39 is 0 Å². The lowest BCUT2D eigenvalue weighted by Crippen LogP contribution is -2.48. The number of rotatable bonds is 2. The highest BCUT2D eigenvalue weighted by Gasteiger charge is 2.30. The van der Waals surface area contributed by atoms with E-state index in [0.29, 0.717) is 24.4 Å². The smallest absolute Gasteiger partial charge is 0.253 e. The molecule has 1 amide bonds. The van der Waals surface area contributed by atoms with Gasteiger partial charge in [0.05, 0.1) is 0 Å². The minimum atomic E-state index is -0.244. The summed E-state index contributed by atoms with van der Waals surface area (Å²) < 4.78 is 0. The Morgan fingerprint density at radius 1 is 0.828 bits per heavy atom. The molecule has 0 aromatic heterocycles. The van der Waals surface area contributed by atoms with Crippen LogP contribution in [0.25, 0.3) is 0 Å². The lowest BCUT2D eigenvalue weighted by Gasteiger charge is -2.36. The van der Waals surface area contributed by atoms with Gasteiger partial charge in [0.15, 0.2) is 0 Å². The molecule has 4 nitrogen and oxygen atoms in total. The van der Waals surface area contributed by atoms with Gasteiger partial charge in [0.1, 0.15) is 5.75 Å². The van der Waals surface area contributed by atoms with Crippen molar-refractivity contribution in [3.63, 3.8) is 0 Å². The van der Waals surface area contributed by atoms with Crippen molar-refractivity contribution in [3.05, 3.63) is 59.2 Å². The highest BCUT2D eigenvalue weighted by atomic mass is 16.3. The van der Waals surface area contributed by atoms with E-state index in [0.717, 1.165) is 24.2 Å². The van der Waals surface area contributed by atoms with Crippen LogP contribution in [0.2, 0.25) is 0 Å². The third kappa shape index (κ3) is 4.58. The quantitative estimate of drug-likeness (QED) is 0.784. The van der Waals surface area contributed by atoms with Crippen LogP contribution in [0.1, 0.15) is 63.0 Å². The summed E-state index contributed by atoms with van der Waals surface area (Å²) in [5, 5.41) is 10.9. The summed E-state index contributed by atoms with van der Waals surface area (Å²) in [5.41, 5.74) is 3.05. The number of anilines is 1. The molecule has 29 heavy (non-hydrogen) atoms. The van der Waals surface area contributed by atoms with Crippen molar-refractivity contribution in [1.82, 2.24) is 4.90 Å². The SMILES string of the molecule is CC(C)(C)c1cc(C(=O)N2CCN(c3ccccc3)CC2)cc(C(C)(C)C)c1O. The fourth-order valence-corrected chi connectivity index (χ4v) is 3.89. The fourth-order valence-electron chi connectivity index (χ4n) is 3.89. The van der Waals surface area contributed by atoms with Gasteiger partial charge in [-0.1, -0.05) is 59.7 Å². The van der Waals surface area contributed by atoms with E-state index in [-0.39, 0.29) is 16.7 Å². The Balaban J connectivity index is 1.86. The highest BCUT2D eigenvalue weighted by molar-refractivity contribution is 5.95. The number of nitrogens with zero attached hydrogens (tertiary/aromatic N) is 2. The zero-order valence-corrected chi connectivity index (χ0v) is 18.6. The number of aromatic hydroxyl groups is 1. The fraction of sp³-hybridized carbons (Fsp3) is 0.480. The van der Waals surface area contributed by atoms with Crippen LogP contribution in [0.15, 0.2) is 42.5 Å². The number of benzene rings is 2. The number of carbonyl (C=O) groups excluding carboxylic acids is 1. The van der Waals surface area contributed by atoms with Crippen LogP contribution in [-0.4, -0.2) is 42.1 Å². The third-order valence-corrected chi connectivity index (χ3v) is 5.66. The molecule has 1 saturated heterocycles. The molecule has 1 aliphatic rings. The number of piperazine rings is 1. The van der Waals surface area contributed by atoms with Crippen molar-refractivity contribution in [3.8, 4) is 5.75 Å². The molecule has 0 bridgehead atoms. The van der Waals surface area contributed by atoms with Gasteiger partial charge in [0, 0.05) is 48.6 Å². The van der Waals surface area contributed by atoms with E-state index in [1.807, 2.05) is 35.2 Å². The van der Waals surface area contributed by atoms with Gasteiger partial charge in [0.25, 0.3) is 5.91 Å². The number of phenols is 1. The van der Waals surface area contributed by atoms with Crippen LogP contribution in [0, 0.1) is 0 Å². The third-order valence-electron chi connectivity index (χ3n) is 5.66. The maximum atomic E-state index is 13.3. The average molecular weight is 395 g/mol. The van der Waals surface area contributed by atoms with Gasteiger partial charge in [0.2, 0.25) is 0 Å². The lowest BCUT2D eigenvalue weighted by atomic mass is 9.78. The van der Waals surface area contributed by atoms with Crippen molar-refractivity contribution in [2.75, 3.05) is 31.1 Å². The van der Waals surface area contributed by atoms with Gasteiger partial charge < -0.3 is 14.9 Å². The zero-order chi connectivity index (χ0) is 21.4. The van der Waals surface area contributed by atoms with E-state index >= 15 is 0 Å². The van der Waals surface area contributed by atoms with Crippen molar-refractivity contribution < 1.29 is 9.90 Å². The summed E-state index contributed by atoms with van der Waals surface area (Å²) in [5.74, 6) is 0.365. The van der Waals surface area contributed by atoms with Crippen LogP contribution in [-0.2, 0) is 10.8 Å². The molecule has 4 heteroatoms. The molecule has 0 aliphatic carbocycles. The van der Waals surface area contributed by atoms with Crippen LogP contribution >= 0.6 is 0 Å². The first-order valence-corrected chi connectivity index (χ1v) is 10.5. The Hall–Kier alpha value is -2.49. The maximum Gasteiger partial charge on any atom is 0.253 e. The lowest BCUT2D eigenvalue weighted by molar-refractivity contribution is 0.0746. The van der Waals surface area contributed by atoms with Gasteiger partial charge in [-0.3, -0.25) is 4.79 Å². The molecule has 0 radical (unpaired) electrons. The van der Waals surface area contributed by atoms with Gasteiger partial charge in [-0.15, -0.1) is 0 Å². The van der Waals surface area contributed by atoms with Gasteiger partial charge >= 0.3 is 0 Å². The monoisotopic (exact) mass is 394 g/mol. The normalized spacial score (nSPS) is 15.5. The summed E-state index contributed by atoms with van der Waals surface area (Å²) in [4.78, 5) is 17.6. The molecule has 3 rings (SSSR count). The molecule has 0 atom stereocenters. The van der Waals surface area contributed by atoms with Crippen molar-refractivity contribution in [1.29, 1.82) is 0 Å². The van der Waals surface area contributed by atoms with Crippen LogP contribution in [0.5, 0.6) is 5.75 Å². The molecule has 0 saturated carbocycles. The van der Waals surface area contributed by atoms with Gasteiger partial charge in [-0.25, -0.2) is 0 Å². The molecule has 2 aromatic carbocycles. The molecule has 1 heterocycles. The summed E-state index contributed by atoms with van der Waals surface area (Å²) in [6.07, 6.45) is 0. The minimum Gasteiger partial charge on any atom is -0.507 e. The van der Waals surface area contributed by atoms with E-state index in [1.165, 1.54) is 5.69 Å². The maximum absolute atomic E-state index is 13.3. The minimum absolute atomic E-state index is 0.0497. The number of phenolic OH excluding ortho intramolecular Hbond substituents is 1. The Bertz CT molecular complexity index is 833. The Kier molecular flexibility index (Phi) is 5.66. The highest BCUT2D eigenvalue weighted by Crippen LogP contribution is 2.40. The van der Waals surface area contributed by atoms with Crippen LogP contribution < -0.4 is 4.90 Å². The summed E-state index contributed by atoms with van der Waals surface area (Å²) >= 11 is 0. The largest absolute Gasteiger partial charge is 0.507 e. The number of amides is 1. The molecule has 1 fully saturated rings. The second-order valence-electron chi connectivity index (χ2n) is 10.0. The molecule has 0 spiro atoms. The summed E-state index contributed by atoms with van der Waals surface area (Å²) in [7, 11) is 0. The first kappa shape index (κ1) is 21.2. The van der Waals surface area contributed by atoms with Gasteiger partial charge in [-0.2, -0.15) is 0 Å². The first-order valence-electron chi connectivity index (χ1n) is 10.5. The van der Waals surface area contributed by atoms with Crippen molar-refractivity contribution >= 4 is 11.6 Å². The Morgan fingerprint density at radius 2 is 1.31 bits per heavy atom. The topological polar surface area (TPSA) is 43.8 Å². The number of carbonyl (C=O) groups is 1. The molecule has 0 unspecified atom stereocenters. The molecule has 2 aromatic rings. The van der Waals surface area contributed by atoms with Crippen molar-refractivity contribution in [2.24, 2.45) is 0 Å². The second kappa shape index (κ2) is 7.74. The number of hydrogen-bond acceptors (Lipinski definition) is 3. The molecular weight excluding hydrogens is 360 g/mol. The number of para-hydroxylation sites is 1. The predicted molar refractivity (Wildman–Crippen MR) is 120 cm³/mol. The van der Waals surface area contributed by atoms with Crippen LogP contribution in [0.3, 0.4) is 0 Å². The standard InChI is InChI=1S/C25H34N2O2/c1-24(2,3)20-16-18(17-21(22(20)28)25(4,5)6)23(29)27-14-12-26(13-15-27)19-10-8-7-9-11-19/h7-11,16-17,28H,12-15H2,1-6H3. The molecule has 1 aliphatic heterocycles. The van der Waals surface area contributed by atoms with E-state index in [9.17, 15) is 9.90 Å². The number of hydrogen-bond donors (Lipinski definition) is 1. The predicted octanol–water partition coefficient (Wildman–Crippen LogP) is 4.95. The zero-order valence-electron chi connectivity index (χ0n) is 18.6. The molecular formula is C25H34N2O2. The van der Waals surface area contributed by atoms with E-state index in [1.54, 1.807) is 0 Å². The molecule has 1 N–H and O–H groups in total. The average Bonchev–Trinajstić information content (AvgIpc) is 2.66. The first-order chi connectivity index (χ1) is 13.5. The summed E-state index contributed by atoms with van der Waals surface area (Å²) in [6.45, 7) is 15.5. The van der Waals surface area contributed by atoms with Crippen LogP contribution in [0.4, 0.5) is 5.69 Å². The Labute approximate surface area is 175 Å². The second-order valence-corrected chi connectivity index (χ2v) is 10.0. The van der Waals surface area contributed by atoms with E-state index in [2.05, 4.69) is 58.6 Å². The molecule has 156 valence electrons. The summed E-state index contributed by atoms with van der Waals surface area (Å²) in [6, 6.07) is 14.1. The van der Waals surface area contributed by atoms with Gasteiger partial charge in [-0.05, 0) is 35.1 Å². The van der Waals surface area contributed by atoms with Crippen molar-refractivity contribution in [2.45, 2.75) is 52.4 Å². The van der Waals surface area contributed by atoms with E-state index in [4.69, 9.17) is 0 Å².